The molecule has 2 N–H and O–H groups in total. The van der Waals surface area contributed by atoms with Crippen LogP contribution >= 0.6 is 11.6 Å². The number of rotatable bonds is 4. The molecule has 38 heavy (non-hydrogen) atoms. The molecular formula is C29H24ClN3O5. The van der Waals surface area contributed by atoms with Crippen LogP contribution in [0.5, 0.6) is 0 Å². The van der Waals surface area contributed by atoms with Crippen molar-refractivity contribution in [2.45, 2.75) is 32.7 Å². The molecule has 4 heterocycles. The second-order valence-corrected chi connectivity index (χ2v) is 10.3. The average molecular weight is 530 g/mol. The molecule has 2 aromatic carbocycles. The first-order valence-corrected chi connectivity index (χ1v) is 12.6. The van der Waals surface area contributed by atoms with E-state index in [9.17, 15) is 19.5 Å². The van der Waals surface area contributed by atoms with Crippen LogP contribution in [0.2, 0.25) is 5.02 Å². The quantitative estimate of drug-likeness (QED) is 0.334. The molecule has 2 aromatic heterocycles. The number of carboxylic acids is 1. The van der Waals surface area contributed by atoms with Crippen LogP contribution in [0.15, 0.2) is 70.4 Å². The van der Waals surface area contributed by atoms with Gasteiger partial charge in [0, 0.05) is 41.5 Å². The van der Waals surface area contributed by atoms with Gasteiger partial charge in [-0.05, 0) is 61.9 Å². The smallest absolute Gasteiger partial charge is 0.335 e. The van der Waals surface area contributed by atoms with Crippen LogP contribution in [0.3, 0.4) is 0 Å². The van der Waals surface area contributed by atoms with E-state index < -0.39 is 11.9 Å². The van der Waals surface area contributed by atoms with Crippen molar-refractivity contribution in [2.75, 3.05) is 11.9 Å². The van der Waals surface area contributed by atoms with Crippen molar-refractivity contribution in [3.63, 3.8) is 0 Å². The fourth-order valence-electron chi connectivity index (χ4n) is 5.45. The summed E-state index contributed by atoms with van der Waals surface area (Å²) < 4.78 is 8.50. The Morgan fingerprint density at radius 1 is 1.16 bits per heavy atom. The Bertz CT molecular complexity index is 1710. The van der Waals surface area contributed by atoms with Crippen molar-refractivity contribution in [3.8, 4) is 11.3 Å². The number of nitrogens with one attached hydrogen (secondary N) is 1. The van der Waals surface area contributed by atoms with Crippen LogP contribution < -0.4 is 5.32 Å². The Morgan fingerprint density at radius 2 is 1.95 bits per heavy atom. The number of anilines is 1. The summed E-state index contributed by atoms with van der Waals surface area (Å²) in [5.74, 6) is -1.50. The van der Waals surface area contributed by atoms with Gasteiger partial charge in [-0.15, -0.1) is 0 Å². The monoisotopic (exact) mass is 529 g/mol. The van der Waals surface area contributed by atoms with E-state index in [0.717, 1.165) is 22.2 Å². The molecule has 0 unspecified atom stereocenters. The fourth-order valence-corrected chi connectivity index (χ4v) is 5.67. The molecule has 9 heteroatoms. The third-order valence-corrected chi connectivity index (χ3v) is 7.55. The zero-order valence-corrected chi connectivity index (χ0v) is 21.7. The number of carbonyl (C=O) groups excluding carboxylic acids is 2. The predicted molar refractivity (Wildman–Crippen MR) is 143 cm³/mol. The molecule has 4 aromatic rings. The lowest BCUT2D eigenvalue weighted by Crippen LogP contribution is -2.33. The van der Waals surface area contributed by atoms with E-state index in [1.54, 1.807) is 12.1 Å². The van der Waals surface area contributed by atoms with Crippen LogP contribution in [-0.2, 0) is 9.59 Å². The summed E-state index contributed by atoms with van der Waals surface area (Å²) in [6.45, 7) is 5.71. The maximum Gasteiger partial charge on any atom is 0.335 e. The number of halogens is 1. The predicted octanol–water partition coefficient (Wildman–Crippen LogP) is 6.03. The van der Waals surface area contributed by atoms with Crippen molar-refractivity contribution in [1.29, 1.82) is 0 Å². The number of hydrogen-bond donors (Lipinski definition) is 2. The lowest BCUT2D eigenvalue weighted by molar-refractivity contribution is -0.139. The normalized spacial score (nSPS) is 16.7. The Hall–Kier alpha value is -4.30. The summed E-state index contributed by atoms with van der Waals surface area (Å²) in [4.78, 5) is 38.8. The van der Waals surface area contributed by atoms with Gasteiger partial charge in [-0.25, -0.2) is 4.79 Å². The molecule has 0 radical (unpaired) electrons. The zero-order valence-electron chi connectivity index (χ0n) is 20.9. The van der Waals surface area contributed by atoms with E-state index in [0.29, 0.717) is 33.4 Å². The van der Waals surface area contributed by atoms with Gasteiger partial charge >= 0.3 is 5.97 Å². The van der Waals surface area contributed by atoms with Gasteiger partial charge in [-0.2, -0.15) is 0 Å². The molecular weight excluding hydrogens is 506 g/mol. The third-order valence-electron chi connectivity index (χ3n) is 7.22. The molecule has 0 fully saturated rings. The lowest BCUT2D eigenvalue weighted by atomic mass is 9.88. The molecule has 0 saturated heterocycles. The van der Waals surface area contributed by atoms with Crippen molar-refractivity contribution in [1.82, 2.24) is 9.47 Å². The van der Waals surface area contributed by atoms with Crippen LogP contribution in [-0.4, -0.2) is 38.9 Å². The zero-order chi connectivity index (χ0) is 26.9. The standard InChI is InChI=1S/C29H24ClN3O5/c1-14(2)32-12-18-25-20(5-4-6-22(25)32)31-21-13-33(15(3)34)28(35)27(21)26(18)24-10-9-23(38-24)17-11-16(29(36)37)7-8-19(17)30/h4-12,14,26,31H,13H2,1-3H3,(H,36,37)/t26-/m1/s1. The Labute approximate surface area is 223 Å². The number of hydrogen-bond acceptors (Lipinski definition) is 5. The van der Waals surface area contributed by atoms with E-state index in [4.69, 9.17) is 16.0 Å². The Morgan fingerprint density at radius 3 is 2.66 bits per heavy atom. The van der Waals surface area contributed by atoms with Crippen molar-refractivity contribution in [3.05, 3.63) is 87.9 Å². The van der Waals surface area contributed by atoms with Crippen molar-refractivity contribution in [2.24, 2.45) is 0 Å². The van der Waals surface area contributed by atoms with Gasteiger partial charge in [0.1, 0.15) is 11.5 Å². The van der Waals surface area contributed by atoms with Gasteiger partial charge in [-0.3, -0.25) is 14.5 Å². The van der Waals surface area contributed by atoms with Gasteiger partial charge < -0.3 is 19.4 Å². The molecule has 192 valence electrons. The third kappa shape index (κ3) is 3.55. The van der Waals surface area contributed by atoms with E-state index >= 15 is 0 Å². The van der Waals surface area contributed by atoms with Crippen molar-refractivity contribution < 1.29 is 23.9 Å². The topological polar surface area (TPSA) is 105 Å². The molecule has 2 aliphatic heterocycles. The first kappa shape index (κ1) is 24.1. The molecule has 2 aliphatic rings. The lowest BCUT2D eigenvalue weighted by Gasteiger charge is -2.17. The van der Waals surface area contributed by atoms with Crippen LogP contribution in [0.25, 0.3) is 22.2 Å². The minimum Gasteiger partial charge on any atom is -0.478 e. The van der Waals surface area contributed by atoms with E-state index in [1.807, 2.05) is 24.4 Å². The summed E-state index contributed by atoms with van der Waals surface area (Å²) in [5.41, 5.74) is 4.38. The highest BCUT2D eigenvalue weighted by molar-refractivity contribution is 6.33. The van der Waals surface area contributed by atoms with Crippen LogP contribution in [0.1, 0.15) is 54.4 Å². The highest BCUT2D eigenvalue weighted by Crippen LogP contribution is 2.48. The van der Waals surface area contributed by atoms with E-state index in [1.165, 1.54) is 30.0 Å². The van der Waals surface area contributed by atoms with Gasteiger partial charge in [0.2, 0.25) is 5.91 Å². The van der Waals surface area contributed by atoms with Crippen LogP contribution in [0.4, 0.5) is 5.69 Å². The molecule has 6 rings (SSSR count). The molecule has 2 amide bonds. The maximum absolute atomic E-state index is 13.7. The second kappa shape index (κ2) is 8.63. The minimum atomic E-state index is -1.07. The number of carbonyl (C=O) groups is 3. The molecule has 0 spiro atoms. The first-order valence-electron chi connectivity index (χ1n) is 12.2. The van der Waals surface area contributed by atoms with Gasteiger partial charge in [0.15, 0.2) is 0 Å². The maximum atomic E-state index is 13.7. The molecule has 0 bridgehead atoms. The number of aromatic carboxylic acids is 1. The van der Waals surface area contributed by atoms with E-state index in [-0.39, 0.29) is 30.0 Å². The highest BCUT2D eigenvalue weighted by atomic mass is 35.5. The number of carboxylic acid groups (broad SMARTS) is 1. The van der Waals surface area contributed by atoms with Crippen molar-refractivity contribution >= 4 is 46.0 Å². The number of benzene rings is 2. The Kier molecular flexibility index (Phi) is 5.47. The highest BCUT2D eigenvalue weighted by Gasteiger charge is 2.43. The number of imide groups is 1. The largest absolute Gasteiger partial charge is 0.478 e. The molecule has 8 nitrogen and oxygen atoms in total. The summed E-state index contributed by atoms with van der Waals surface area (Å²) in [5, 5.41) is 14.2. The average Bonchev–Trinajstić information content (AvgIpc) is 3.56. The summed E-state index contributed by atoms with van der Waals surface area (Å²) in [6, 6.07) is 14.1. The summed E-state index contributed by atoms with van der Waals surface area (Å²) in [7, 11) is 0. The molecule has 0 saturated carbocycles. The van der Waals surface area contributed by atoms with E-state index in [2.05, 4.69) is 23.7 Å². The van der Waals surface area contributed by atoms with Gasteiger partial charge in [-0.1, -0.05) is 17.7 Å². The van der Waals surface area contributed by atoms with Gasteiger partial charge in [0.25, 0.3) is 5.91 Å². The summed E-state index contributed by atoms with van der Waals surface area (Å²) in [6.07, 6.45) is 2.05. The number of furan rings is 1. The number of nitrogens with zero attached hydrogens (tertiary/aromatic N) is 2. The fraction of sp³-hybridized carbons (Fsp3) is 0.207. The van der Waals surface area contributed by atoms with Gasteiger partial charge in [0.05, 0.1) is 34.1 Å². The SMILES string of the molecule is CC(=O)N1CC2=C(C1=O)[C@@H](c1ccc(-c3cc(C(=O)O)ccc3Cl)o1)c1cn(C(C)C)c3cccc(c13)N2. The number of amides is 2. The molecule has 0 aliphatic carbocycles. The minimum absolute atomic E-state index is 0.0822. The second-order valence-electron chi connectivity index (χ2n) is 9.85. The Balaban J connectivity index is 1.58. The van der Waals surface area contributed by atoms with Crippen LogP contribution in [0, 0.1) is 0 Å². The first-order chi connectivity index (χ1) is 18.2. The molecule has 1 atom stereocenters. The summed E-state index contributed by atoms with van der Waals surface area (Å²) >= 11 is 6.42. The number of aromatic nitrogens is 1.